The van der Waals surface area contributed by atoms with Gasteiger partial charge in [-0.1, -0.05) is 0 Å². The summed E-state index contributed by atoms with van der Waals surface area (Å²) in [5.41, 5.74) is 0.472. The molecule has 0 aliphatic heterocycles. The number of nitrogens with zero attached hydrogens (tertiary/aromatic N) is 1. The average molecular weight is 219 g/mol. The minimum Gasteiger partial charge on any atom is -0.497 e. The highest BCUT2D eigenvalue weighted by Crippen LogP contribution is 2.52. The Balaban J connectivity index is 2.49. The molecule has 0 spiro atoms. The molecule has 1 aliphatic rings. The lowest BCUT2D eigenvalue weighted by Crippen LogP contribution is -2.05. The first-order valence-electron chi connectivity index (χ1n) is 5.07. The van der Waals surface area contributed by atoms with Gasteiger partial charge in [-0.2, -0.15) is 4.99 Å². The van der Waals surface area contributed by atoms with Crippen molar-refractivity contribution < 1.29 is 14.3 Å². The lowest BCUT2D eigenvalue weighted by atomic mass is 10.0. The van der Waals surface area contributed by atoms with E-state index < -0.39 is 5.54 Å². The molecule has 0 heterocycles. The highest BCUT2D eigenvalue weighted by atomic mass is 16.5. The number of carbonyl (C=O) groups excluding carboxylic acids is 1. The molecule has 1 fully saturated rings. The number of aliphatic imine (C=N–C) groups is 1. The van der Waals surface area contributed by atoms with Crippen molar-refractivity contribution in [1.29, 1.82) is 0 Å². The Kier molecular flexibility index (Phi) is 2.67. The first kappa shape index (κ1) is 10.7. The fourth-order valence-electron chi connectivity index (χ4n) is 1.82. The van der Waals surface area contributed by atoms with E-state index in [1.54, 1.807) is 20.3 Å². The van der Waals surface area contributed by atoms with E-state index in [1.807, 2.05) is 18.2 Å². The zero-order chi connectivity index (χ0) is 11.6. The van der Waals surface area contributed by atoms with Crippen LogP contribution in [0.3, 0.4) is 0 Å². The van der Waals surface area contributed by atoms with Crippen LogP contribution in [0.2, 0.25) is 0 Å². The Morgan fingerprint density at radius 2 is 2.06 bits per heavy atom. The molecule has 0 radical (unpaired) electrons. The number of benzene rings is 1. The molecule has 0 saturated heterocycles. The van der Waals surface area contributed by atoms with Crippen LogP contribution in [0.1, 0.15) is 18.4 Å². The summed E-state index contributed by atoms with van der Waals surface area (Å²) in [5, 5.41) is 0. The molecule has 0 unspecified atom stereocenters. The fraction of sp³-hybridized carbons (Fsp3) is 0.417. The summed E-state index contributed by atoms with van der Waals surface area (Å²) >= 11 is 0. The SMILES string of the molecule is COc1ccc(OC)c(C2(N=C=O)CC2)c1. The topological polar surface area (TPSA) is 47.9 Å². The molecule has 0 atom stereocenters. The Morgan fingerprint density at radius 3 is 2.56 bits per heavy atom. The van der Waals surface area contributed by atoms with Crippen LogP contribution in [0.5, 0.6) is 11.5 Å². The summed E-state index contributed by atoms with van der Waals surface area (Å²) < 4.78 is 10.4. The van der Waals surface area contributed by atoms with E-state index in [2.05, 4.69) is 4.99 Å². The monoisotopic (exact) mass is 219 g/mol. The van der Waals surface area contributed by atoms with E-state index in [0.29, 0.717) is 0 Å². The van der Waals surface area contributed by atoms with Crippen LogP contribution in [0, 0.1) is 0 Å². The van der Waals surface area contributed by atoms with Crippen LogP contribution in [-0.2, 0) is 10.3 Å². The van der Waals surface area contributed by atoms with Crippen LogP contribution < -0.4 is 9.47 Å². The number of isocyanates is 1. The molecule has 84 valence electrons. The molecule has 4 heteroatoms. The summed E-state index contributed by atoms with van der Waals surface area (Å²) in [6, 6.07) is 5.52. The second-order valence-corrected chi connectivity index (χ2v) is 3.80. The maximum absolute atomic E-state index is 10.4. The Hall–Kier alpha value is -1.80. The lowest BCUT2D eigenvalue weighted by molar-refractivity contribution is 0.394. The van der Waals surface area contributed by atoms with Crippen molar-refractivity contribution in [3.8, 4) is 11.5 Å². The van der Waals surface area contributed by atoms with Crippen molar-refractivity contribution in [2.24, 2.45) is 4.99 Å². The second kappa shape index (κ2) is 3.99. The number of ether oxygens (including phenoxy) is 2. The van der Waals surface area contributed by atoms with Gasteiger partial charge < -0.3 is 9.47 Å². The van der Waals surface area contributed by atoms with Crippen LogP contribution >= 0.6 is 0 Å². The van der Waals surface area contributed by atoms with Gasteiger partial charge in [0.05, 0.1) is 14.2 Å². The molecule has 0 N–H and O–H groups in total. The van der Waals surface area contributed by atoms with Gasteiger partial charge in [-0.3, -0.25) is 0 Å². The summed E-state index contributed by atoms with van der Waals surface area (Å²) in [4.78, 5) is 14.3. The van der Waals surface area contributed by atoms with Gasteiger partial charge in [0.2, 0.25) is 6.08 Å². The smallest absolute Gasteiger partial charge is 0.235 e. The highest BCUT2D eigenvalue weighted by Gasteiger charge is 2.47. The zero-order valence-electron chi connectivity index (χ0n) is 9.32. The highest BCUT2D eigenvalue weighted by molar-refractivity contribution is 5.50. The summed E-state index contributed by atoms with van der Waals surface area (Å²) in [6.45, 7) is 0. The molecule has 0 bridgehead atoms. The predicted octanol–water partition coefficient (Wildman–Crippen LogP) is 2.03. The second-order valence-electron chi connectivity index (χ2n) is 3.80. The molecule has 2 rings (SSSR count). The van der Waals surface area contributed by atoms with Crippen molar-refractivity contribution >= 4 is 6.08 Å². The first-order chi connectivity index (χ1) is 7.75. The van der Waals surface area contributed by atoms with Crippen molar-refractivity contribution in [3.63, 3.8) is 0 Å². The number of hydrogen-bond acceptors (Lipinski definition) is 4. The Morgan fingerprint density at radius 1 is 1.31 bits per heavy atom. The van der Waals surface area contributed by atoms with E-state index in [1.165, 1.54) is 0 Å². The van der Waals surface area contributed by atoms with Gasteiger partial charge in [0, 0.05) is 5.56 Å². The molecule has 0 amide bonds. The van der Waals surface area contributed by atoms with Crippen LogP contribution in [0.25, 0.3) is 0 Å². The molecule has 0 aromatic heterocycles. The number of hydrogen-bond donors (Lipinski definition) is 0. The van der Waals surface area contributed by atoms with Crippen molar-refractivity contribution in [1.82, 2.24) is 0 Å². The van der Waals surface area contributed by atoms with Crippen LogP contribution in [0.4, 0.5) is 0 Å². The largest absolute Gasteiger partial charge is 0.497 e. The van der Waals surface area contributed by atoms with Crippen LogP contribution in [-0.4, -0.2) is 20.3 Å². The van der Waals surface area contributed by atoms with Gasteiger partial charge >= 0.3 is 0 Å². The van der Waals surface area contributed by atoms with Gasteiger partial charge in [-0.15, -0.1) is 0 Å². The normalized spacial score (nSPS) is 16.1. The van der Waals surface area contributed by atoms with E-state index in [9.17, 15) is 4.79 Å². The number of rotatable bonds is 4. The van der Waals surface area contributed by atoms with E-state index in [4.69, 9.17) is 9.47 Å². The molecule has 4 nitrogen and oxygen atoms in total. The third-order valence-electron chi connectivity index (χ3n) is 2.89. The maximum atomic E-state index is 10.4. The standard InChI is InChI=1S/C12H13NO3/c1-15-9-3-4-11(16-2)10(7-9)12(5-6-12)13-8-14/h3-4,7H,5-6H2,1-2H3. The molecule has 1 saturated carbocycles. The van der Waals surface area contributed by atoms with Gasteiger partial charge in [0.15, 0.2) is 0 Å². The minimum atomic E-state index is -0.429. The molecule has 1 aliphatic carbocycles. The molecule has 1 aromatic rings. The molecule has 1 aromatic carbocycles. The van der Waals surface area contributed by atoms with E-state index in [0.717, 1.165) is 29.9 Å². The number of methoxy groups -OCH3 is 2. The maximum Gasteiger partial charge on any atom is 0.235 e. The van der Waals surface area contributed by atoms with Crippen molar-refractivity contribution in [3.05, 3.63) is 23.8 Å². The predicted molar refractivity (Wildman–Crippen MR) is 58.6 cm³/mol. The van der Waals surface area contributed by atoms with Crippen molar-refractivity contribution in [2.75, 3.05) is 14.2 Å². The van der Waals surface area contributed by atoms with E-state index >= 15 is 0 Å². The van der Waals surface area contributed by atoms with Gasteiger partial charge in [-0.05, 0) is 31.0 Å². The fourth-order valence-corrected chi connectivity index (χ4v) is 1.82. The molecule has 16 heavy (non-hydrogen) atoms. The zero-order valence-corrected chi connectivity index (χ0v) is 9.32. The van der Waals surface area contributed by atoms with Gasteiger partial charge in [-0.25, -0.2) is 4.79 Å². The van der Waals surface area contributed by atoms with Gasteiger partial charge in [0.25, 0.3) is 0 Å². The van der Waals surface area contributed by atoms with Gasteiger partial charge in [0.1, 0.15) is 17.0 Å². The summed E-state index contributed by atoms with van der Waals surface area (Å²) in [7, 11) is 3.21. The quantitative estimate of drug-likeness (QED) is 0.575. The minimum absolute atomic E-state index is 0.429. The Bertz CT molecular complexity index is 446. The van der Waals surface area contributed by atoms with Crippen molar-refractivity contribution in [2.45, 2.75) is 18.4 Å². The molecular weight excluding hydrogens is 206 g/mol. The first-order valence-corrected chi connectivity index (χ1v) is 5.07. The average Bonchev–Trinajstić information content (AvgIpc) is 3.09. The molecular formula is C12H13NO3. The Labute approximate surface area is 93.9 Å². The summed E-state index contributed by atoms with van der Waals surface area (Å²) in [6.07, 6.45) is 3.34. The third kappa shape index (κ3) is 1.68. The third-order valence-corrected chi connectivity index (χ3v) is 2.89. The lowest BCUT2D eigenvalue weighted by Gasteiger charge is -2.14. The van der Waals surface area contributed by atoms with Crippen LogP contribution in [0.15, 0.2) is 23.2 Å². The van der Waals surface area contributed by atoms with E-state index in [-0.39, 0.29) is 0 Å². The summed E-state index contributed by atoms with van der Waals surface area (Å²) in [5.74, 6) is 1.47.